The molecule has 0 radical (unpaired) electrons. The maximum atomic E-state index is 8.06. The van der Waals surface area contributed by atoms with E-state index in [1.807, 2.05) is 0 Å². The minimum absolute atomic E-state index is 0.569. The minimum atomic E-state index is -3.37. The van der Waals surface area contributed by atoms with Crippen LogP contribution < -0.4 is 15.9 Å². The van der Waals surface area contributed by atoms with Gasteiger partial charge in [0.05, 0.1) is 0 Å². The van der Waals surface area contributed by atoms with Gasteiger partial charge in [0, 0.05) is 0 Å². The zero-order valence-electron chi connectivity index (χ0n) is 21.5. The molecule has 1 fully saturated rings. The van der Waals surface area contributed by atoms with Crippen LogP contribution in [-0.2, 0) is 10.1 Å². The van der Waals surface area contributed by atoms with Crippen LogP contribution in [0.3, 0.4) is 0 Å². The Morgan fingerprint density at radius 2 is 0.838 bits per heavy atom. The summed E-state index contributed by atoms with van der Waals surface area (Å²) in [5.41, 5.74) is 4.38. The summed E-state index contributed by atoms with van der Waals surface area (Å²) >= 11 is 0. The van der Waals surface area contributed by atoms with Crippen LogP contribution in [0.2, 0.25) is 0 Å². The first-order valence-electron chi connectivity index (χ1n) is 13.1. The van der Waals surface area contributed by atoms with Gasteiger partial charge in [-0.05, 0) is 0 Å². The third-order valence-corrected chi connectivity index (χ3v) is 14.2. The van der Waals surface area contributed by atoms with Crippen molar-refractivity contribution in [3.8, 4) is 0 Å². The molecule has 0 spiro atoms. The van der Waals surface area contributed by atoms with Gasteiger partial charge < -0.3 is 0 Å². The molecule has 1 aliphatic heterocycles. The Bertz CT molecular complexity index is 1350. The van der Waals surface area contributed by atoms with Gasteiger partial charge in [-0.3, -0.25) is 0 Å². The van der Waals surface area contributed by atoms with Crippen molar-refractivity contribution >= 4 is 22.7 Å². The van der Waals surface area contributed by atoms with E-state index in [9.17, 15) is 0 Å². The first-order chi connectivity index (χ1) is 18.1. The van der Waals surface area contributed by atoms with Crippen molar-refractivity contribution in [2.24, 2.45) is 0 Å². The Morgan fingerprint density at radius 3 is 1.19 bits per heavy atom. The van der Waals surface area contributed by atoms with E-state index in [0.717, 1.165) is 12.6 Å². The summed E-state index contributed by atoms with van der Waals surface area (Å²) in [6.45, 7) is 0.931. The summed E-state index contributed by atoms with van der Waals surface area (Å²) in [5.74, 6) is 0. The van der Waals surface area contributed by atoms with Gasteiger partial charge in [0.15, 0.2) is 0 Å². The normalized spacial score (nSPS) is 18.5. The van der Waals surface area contributed by atoms with Crippen molar-refractivity contribution < 1.29 is 4.52 Å². The molecule has 37 heavy (non-hydrogen) atoms. The number of aryl methyl sites for hydroxylation is 2. The zero-order chi connectivity index (χ0) is 25.4. The van der Waals surface area contributed by atoms with Crippen molar-refractivity contribution in [1.82, 2.24) is 0 Å². The Kier molecular flexibility index (Phi) is 5.87. The molecule has 1 aliphatic rings. The molecule has 6 rings (SSSR count). The second-order valence-corrected chi connectivity index (χ2v) is 14.9. The Morgan fingerprint density at radius 1 is 0.486 bits per heavy atom. The zero-order valence-corrected chi connectivity index (χ0v) is 22.4. The number of rotatable bonds is 5. The average Bonchev–Trinajstić information content (AvgIpc) is 3.36. The summed E-state index contributed by atoms with van der Waals surface area (Å²) in [7, 11) is 0. The Hall–Kier alpha value is -3.51. The van der Waals surface area contributed by atoms with Crippen molar-refractivity contribution in [2.45, 2.75) is 25.9 Å². The van der Waals surface area contributed by atoms with Crippen molar-refractivity contribution in [3.63, 3.8) is 0 Å². The monoisotopic (exact) mass is 500 g/mol. The van der Waals surface area contributed by atoms with Gasteiger partial charge in [0.25, 0.3) is 0 Å². The number of hydrogen-bond donors (Lipinski definition) is 0. The van der Waals surface area contributed by atoms with Gasteiger partial charge in [-0.15, -0.1) is 0 Å². The van der Waals surface area contributed by atoms with Crippen LogP contribution in [0.5, 0.6) is 0 Å². The van der Waals surface area contributed by atoms with E-state index in [1.54, 1.807) is 0 Å². The Balaban J connectivity index is 1.73. The molecule has 0 atom stereocenters. The van der Waals surface area contributed by atoms with E-state index < -0.39 is 12.4 Å². The molecular weight excluding hydrogens is 467 g/mol. The van der Waals surface area contributed by atoms with E-state index in [-0.39, 0.29) is 0 Å². The first-order valence-corrected chi connectivity index (χ1v) is 15.4. The van der Waals surface area contributed by atoms with Gasteiger partial charge in [-0.2, -0.15) is 0 Å². The molecule has 0 aliphatic carbocycles. The van der Waals surface area contributed by atoms with Gasteiger partial charge in [-0.25, -0.2) is 0 Å². The molecule has 5 aromatic rings. The second-order valence-electron chi connectivity index (χ2n) is 10.3. The summed E-state index contributed by atoms with van der Waals surface area (Å²) in [6, 6.07) is 51.0. The first kappa shape index (κ1) is 23.9. The van der Waals surface area contributed by atoms with Crippen LogP contribution in [0.1, 0.15) is 28.7 Å². The molecular formula is C35H33OP. The summed E-state index contributed by atoms with van der Waals surface area (Å²) in [4.78, 5) is 0. The molecule has 184 valence electrons. The maximum absolute atomic E-state index is 8.06. The number of benzene rings is 5. The van der Waals surface area contributed by atoms with Gasteiger partial charge in [0.2, 0.25) is 0 Å². The molecule has 0 amide bonds. The van der Waals surface area contributed by atoms with E-state index in [1.165, 1.54) is 38.2 Å². The van der Waals surface area contributed by atoms with E-state index in [2.05, 4.69) is 153 Å². The molecule has 0 saturated carbocycles. The van der Waals surface area contributed by atoms with E-state index in [0.29, 0.717) is 0 Å². The topological polar surface area (TPSA) is 9.23 Å². The fourth-order valence-corrected chi connectivity index (χ4v) is 12.5. The van der Waals surface area contributed by atoms with Crippen molar-refractivity contribution in [3.05, 3.63) is 162 Å². The van der Waals surface area contributed by atoms with Crippen molar-refractivity contribution in [1.29, 1.82) is 0 Å². The van der Waals surface area contributed by atoms with Crippen molar-refractivity contribution in [2.75, 3.05) is 6.16 Å². The molecule has 0 bridgehead atoms. The molecule has 5 aromatic carbocycles. The average molecular weight is 501 g/mol. The number of hydrogen-bond acceptors (Lipinski definition) is 1. The fourth-order valence-electron chi connectivity index (χ4n) is 6.23. The SMILES string of the molecule is Cc1ccc(C2(c3ccc(C)cc3)CCP(c3ccccc3)(c3ccccc3)(c3ccccc3)O2)cc1. The van der Waals surface area contributed by atoms with Crippen LogP contribution in [0, 0.1) is 13.8 Å². The third kappa shape index (κ3) is 3.61. The third-order valence-electron chi connectivity index (χ3n) is 8.19. The quantitative estimate of drug-likeness (QED) is 0.228. The molecule has 0 unspecified atom stereocenters. The second kappa shape index (κ2) is 9.10. The van der Waals surface area contributed by atoms with Crippen LogP contribution >= 0.6 is 6.83 Å². The van der Waals surface area contributed by atoms with Crippen LogP contribution in [0.4, 0.5) is 0 Å². The molecule has 0 N–H and O–H groups in total. The van der Waals surface area contributed by atoms with Crippen LogP contribution in [0.15, 0.2) is 140 Å². The van der Waals surface area contributed by atoms with Gasteiger partial charge in [-0.1, -0.05) is 0 Å². The summed E-state index contributed by atoms with van der Waals surface area (Å²) < 4.78 is 8.06. The van der Waals surface area contributed by atoms with Crippen LogP contribution in [-0.4, -0.2) is 6.16 Å². The molecule has 1 saturated heterocycles. The Labute approximate surface area is 220 Å². The predicted octanol–water partition coefficient (Wildman–Crippen LogP) is 7.41. The van der Waals surface area contributed by atoms with Gasteiger partial charge >= 0.3 is 221 Å². The van der Waals surface area contributed by atoms with Crippen LogP contribution in [0.25, 0.3) is 0 Å². The van der Waals surface area contributed by atoms with Gasteiger partial charge in [0.1, 0.15) is 0 Å². The summed E-state index contributed by atoms with van der Waals surface area (Å²) in [6.07, 6.45) is 1.83. The molecule has 1 nitrogen and oxygen atoms in total. The standard InChI is InChI=1S/C35H33OP/c1-28-18-22-30(23-19-28)35(31-24-20-29(2)21-25-31)26-27-37(36-35,32-12-6-3-7-13-32,33-14-8-4-9-15-33)34-16-10-5-11-17-34/h3-25H,26-27H2,1-2H3. The molecule has 0 aromatic heterocycles. The predicted molar refractivity (Wildman–Crippen MR) is 159 cm³/mol. The van der Waals surface area contributed by atoms with E-state index >= 15 is 0 Å². The molecule has 2 heteroatoms. The summed E-state index contributed by atoms with van der Waals surface area (Å²) in [5, 5.41) is 3.85. The fraction of sp³-hybridized carbons (Fsp3) is 0.143. The van der Waals surface area contributed by atoms with E-state index in [4.69, 9.17) is 4.52 Å². The molecule has 1 heterocycles.